The minimum atomic E-state index is -0.512. The first-order valence-corrected chi connectivity index (χ1v) is 13.4. The molecule has 4 aliphatic rings. The maximum absolute atomic E-state index is 13.6. The summed E-state index contributed by atoms with van der Waals surface area (Å²) in [6, 6.07) is 5.47. The van der Waals surface area contributed by atoms with Gasteiger partial charge in [-0.05, 0) is 36.8 Å². The van der Waals surface area contributed by atoms with E-state index in [1.54, 1.807) is 23.0 Å². The zero-order chi connectivity index (χ0) is 26.7. The highest BCUT2D eigenvalue weighted by Crippen LogP contribution is 2.40. The number of aryl methyl sites for hydroxylation is 1. The summed E-state index contributed by atoms with van der Waals surface area (Å²) in [6.07, 6.45) is 13.2. The van der Waals surface area contributed by atoms with Gasteiger partial charge in [0, 0.05) is 49.9 Å². The third-order valence-electron chi connectivity index (χ3n) is 8.02. The van der Waals surface area contributed by atoms with Crippen LogP contribution >= 0.6 is 0 Å². The Morgan fingerprint density at radius 3 is 2.67 bits per heavy atom. The topological polar surface area (TPSA) is 112 Å². The quantitative estimate of drug-likeness (QED) is 0.528. The molecule has 0 radical (unpaired) electrons. The number of piperidine rings is 1. The fourth-order valence-electron chi connectivity index (χ4n) is 6.08. The van der Waals surface area contributed by atoms with Gasteiger partial charge in [0.05, 0.1) is 34.4 Å². The van der Waals surface area contributed by atoms with Gasteiger partial charge in [-0.15, -0.1) is 0 Å². The number of hydrogen-bond acceptors (Lipinski definition) is 7. The lowest BCUT2D eigenvalue weighted by Crippen LogP contribution is -2.47. The van der Waals surface area contributed by atoms with Gasteiger partial charge < -0.3 is 9.80 Å². The van der Waals surface area contributed by atoms with E-state index in [1.165, 1.54) is 0 Å². The summed E-state index contributed by atoms with van der Waals surface area (Å²) < 4.78 is 1.74. The fraction of sp³-hybridized carbons (Fsp3) is 0.310. The average Bonchev–Trinajstić information content (AvgIpc) is 3.58. The van der Waals surface area contributed by atoms with E-state index < -0.39 is 11.8 Å². The Hall–Kier alpha value is -4.60. The van der Waals surface area contributed by atoms with Crippen molar-refractivity contribution in [1.29, 1.82) is 0 Å². The van der Waals surface area contributed by atoms with Crippen molar-refractivity contribution in [2.24, 2.45) is 4.99 Å². The van der Waals surface area contributed by atoms with Crippen LogP contribution in [0.2, 0.25) is 0 Å². The van der Waals surface area contributed by atoms with Crippen LogP contribution in [0.3, 0.4) is 0 Å². The second-order valence-corrected chi connectivity index (χ2v) is 10.3. The number of rotatable bonds is 4. The standard InChI is InChI=1S/C29H27N7O3/c1-2-17-14-31-29-32-15-21(36(29)16-17)22-23(27(38)33-26(22)37)24-19-8-6-7-18-13-20(35(25(18)19)12-9-30-24)28(39)34-10-4-3-5-11-34/h6-9,12,14-16,20H,2-5,10-11,13H2,1H3,(H,33,37,38). The highest BCUT2D eigenvalue weighted by atomic mass is 16.2. The zero-order valence-corrected chi connectivity index (χ0v) is 21.6. The summed E-state index contributed by atoms with van der Waals surface area (Å²) in [4.78, 5) is 57.5. The Kier molecular flexibility index (Phi) is 5.43. The van der Waals surface area contributed by atoms with Gasteiger partial charge in [0.25, 0.3) is 11.8 Å². The highest BCUT2D eigenvalue weighted by Gasteiger charge is 2.42. The molecular weight excluding hydrogens is 494 g/mol. The number of imide groups is 1. The van der Waals surface area contributed by atoms with E-state index in [9.17, 15) is 14.4 Å². The predicted octanol–water partition coefficient (Wildman–Crippen LogP) is 2.42. The summed E-state index contributed by atoms with van der Waals surface area (Å²) in [6.45, 7) is 3.59. The summed E-state index contributed by atoms with van der Waals surface area (Å²) in [5.41, 5.74) is 4.82. The minimum absolute atomic E-state index is 0.114. The van der Waals surface area contributed by atoms with Crippen LogP contribution < -0.4 is 10.2 Å². The van der Waals surface area contributed by atoms with Crippen molar-refractivity contribution in [3.05, 3.63) is 77.1 Å². The monoisotopic (exact) mass is 521 g/mol. The summed E-state index contributed by atoms with van der Waals surface area (Å²) in [7, 11) is 0. The molecule has 196 valence electrons. The number of para-hydroxylation sites is 1. The number of amides is 3. The van der Waals surface area contributed by atoms with E-state index in [0.717, 1.165) is 55.6 Å². The molecule has 3 amide bonds. The van der Waals surface area contributed by atoms with Crippen molar-refractivity contribution in [2.45, 2.75) is 45.1 Å². The van der Waals surface area contributed by atoms with Crippen molar-refractivity contribution in [3.63, 3.8) is 0 Å². The lowest BCUT2D eigenvalue weighted by Gasteiger charge is -2.32. The Morgan fingerprint density at radius 2 is 1.85 bits per heavy atom. The van der Waals surface area contributed by atoms with Gasteiger partial charge in [-0.3, -0.25) is 29.1 Å². The Balaban J connectivity index is 1.35. The number of hydrogen-bond donors (Lipinski definition) is 1. The zero-order valence-electron chi connectivity index (χ0n) is 21.6. The van der Waals surface area contributed by atoms with Gasteiger partial charge in [0.15, 0.2) is 0 Å². The van der Waals surface area contributed by atoms with Crippen molar-refractivity contribution in [1.82, 2.24) is 24.6 Å². The van der Waals surface area contributed by atoms with Crippen LogP contribution in [-0.2, 0) is 27.2 Å². The molecule has 0 aliphatic carbocycles. The molecule has 10 heteroatoms. The highest BCUT2D eigenvalue weighted by molar-refractivity contribution is 6.47. The van der Waals surface area contributed by atoms with E-state index in [2.05, 4.69) is 15.3 Å². The van der Waals surface area contributed by atoms with E-state index in [4.69, 9.17) is 4.99 Å². The van der Waals surface area contributed by atoms with Gasteiger partial charge in [0.1, 0.15) is 6.04 Å². The van der Waals surface area contributed by atoms with Crippen LogP contribution in [0.1, 0.15) is 48.6 Å². The van der Waals surface area contributed by atoms with Crippen LogP contribution in [0.4, 0.5) is 5.69 Å². The van der Waals surface area contributed by atoms with E-state index in [-0.39, 0.29) is 23.1 Å². The van der Waals surface area contributed by atoms with Gasteiger partial charge >= 0.3 is 0 Å². The third kappa shape index (κ3) is 3.62. The van der Waals surface area contributed by atoms with Crippen molar-refractivity contribution >= 4 is 40.5 Å². The van der Waals surface area contributed by atoms with Gasteiger partial charge in [-0.2, -0.15) is 0 Å². The van der Waals surface area contributed by atoms with Gasteiger partial charge in [0.2, 0.25) is 11.7 Å². The lowest BCUT2D eigenvalue weighted by atomic mass is 9.94. The summed E-state index contributed by atoms with van der Waals surface area (Å²) >= 11 is 0. The fourth-order valence-corrected chi connectivity index (χ4v) is 6.08. The summed E-state index contributed by atoms with van der Waals surface area (Å²) in [5.74, 6) is -0.461. The molecule has 0 saturated carbocycles. The number of imidazole rings is 1. The molecule has 1 atom stereocenters. The lowest BCUT2D eigenvalue weighted by molar-refractivity contribution is -0.133. The number of anilines is 1. The SMILES string of the molecule is CCc1cnc2ncc(C3=C(C4=NC=CN5c6c(cccc64)CC5C(=O)N4CCCCC4)C(=O)NC3=O)n2c1. The molecule has 3 aromatic rings. The molecule has 39 heavy (non-hydrogen) atoms. The number of aromatic nitrogens is 3. The summed E-state index contributed by atoms with van der Waals surface area (Å²) in [5, 5.41) is 2.47. The molecule has 0 spiro atoms. The minimum Gasteiger partial charge on any atom is -0.341 e. The number of carbonyl (C=O) groups excluding carboxylic acids is 3. The molecule has 2 aromatic heterocycles. The predicted molar refractivity (Wildman–Crippen MR) is 145 cm³/mol. The Morgan fingerprint density at radius 1 is 1.05 bits per heavy atom. The van der Waals surface area contributed by atoms with E-state index in [1.807, 2.05) is 47.3 Å². The second-order valence-electron chi connectivity index (χ2n) is 10.3. The van der Waals surface area contributed by atoms with Crippen molar-refractivity contribution in [3.8, 4) is 0 Å². The molecule has 1 fully saturated rings. The van der Waals surface area contributed by atoms with Crippen molar-refractivity contribution in [2.75, 3.05) is 18.0 Å². The number of nitrogens with zero attached hydrogens (tertiary/aromatic N) is 6. The molecule has 10 nitrogen and oxygen atoms in total. The van der Waals surface area contributed by atoms with Crippen LogP contribution in [-0.4, -0.2) is 61.8 Å². The van der Waals surface area contributed by atoms with Crippen LogP contribution in [0.5, 0.6) is 0 Å². The van der Waals surface area contributed by atoms with E-state index >= 15 is 0 Å². The molecule has 6 heterocycles. The number of benzene rings is 1. The van der Waals surface area contributed by atoms with E-state index in [0.29, 0.717) is 29.2 Å². The first kappa shape index (κ1) is 23.5. The van der Waals surface area contributed by atoms with Crippen molar-refractivity contribution < 1.29 is 14.4 Å². The molecule has 4 aliphatic heterocycles. The maximum atomic E-state index is 13.6. The smallest absolute Gasteiger partial charge is 0.261 e. The van der Waals surface area contributed by atoms with Crippen LogP contribution in [0.15, 0.2) is 59.8 Å². The largest absolute Gasteiger partial charge is 0.341 e. The third-order valence-corrected chi connectivity index (χ3v) is 8.02. The first-order valence-electron chi connectivity index (χ1n) is 13.4. The molecule has 7 rings (SSSR count). The molecule has 1 N–H and O–H groups in total. The maximum Gasteiger partial charge on any atom is 0.261 e. The number of likely N-dealkylation sites (tertiary alicyclic amines) is 1. The number of fused-ring (bicyclic) bond motifs is 1. The van der Waals surface area contributed by atoms with Gasteiger partial charge in [-0.1, -0.05) is 25.1 Å². The molecule has 1 aromatic carbocycles. The van der Waals surface area contributed by atoms with Crippen LogP contribution in [0, 0.1) is 0 Å². The molecule has 1 saturated heterocycles. The molecular formula is C29H27N7O3. The molecule has 1 unspecified atom stereocenters. The Bertz CT molecular complexity index is 1660. The van der Waals surface area contributed by atoms with Gasteiger partial charge in [-0.25, -0.2) is 9.97 Å². The second kappa shape index (κ2) is 9.00. The van der Waals surface area contributed by atoms with Crippen LogP contribution in [0.25, 0.3) is 11.4 Å². The number of aliphatic imine (C=N–C) groups is 1. The Labute approximate surface area is 224 Å². The number of nitrogens with one attached hydrogen (secondary N) is 1. The first-order chi connectivity index (χ1) is 19.0. The molecule has 0 bridgehead atoms. The average molecular weight is 522 g/mol. The number of carbonyl (C=O) groups is 3. The normalized spacial score (nSPS) is 20.4.